The highest BCUT2D eigenvalue weighted by atomic mass is 32.1. The largest absolute Gasteiger partial charge is 0.550 e. The van der Waals surface area contributed by atoms with Crippen LogP contribution in [0.2, 0.25) is 0 Å². The highest BCUT2D eigenvalue weighted by Crippen LogP contribution is 2.44. The van der Waals surface area contributed by atoms with Crippen molar-refractivity contribution in [2.24, 2.45) is 11.3 Å². The molecule has 25 heavy (non-hydrogen) atoms. The van der Waals surface area contributed by atoms with Crippen molar-refractivity contribution in [2.75, 3.05) is 12.4 Å². The van der Waals surface area contributed by atoms with Gasteiger partial charge in [0.15, 0.2) is 0 Å². The summed E-state index contributed by atoms with van der Waals surface area (Å²) < 4.78 is 4.89. The third-order valence-corrected chi connectivity index (χ3v) is 5.86. The topological polar surface area (TPSA) is 95.5 Å². The van der Waals surface area contributed by atoms with Gasteiger partial charge in [0.25, 0.3) is 0 Å². The maximum Gasteiger partial charge on any atom is 0.341 e. The minimum Gasteiger partial charge on any atom is -0.550 e. The molecule has 2 rings (SSSR count). The highest BCUT2D eigenvalue weighted by molar-refractivity contribution is 7.17. The van der Waals surface area contributed by atoms with Crippen molar-refractivity contribution in [1.82, 2.24) is 0 Å². The molecule has 1 N–H and O–H groups in total. The van der Waals surface area contributed by atoms with Crippen LogP contribution in [0.25, 0.3) is 0 Å². The van der Waals surface area contributed by atoms with Crippen LogP contribution in [0.1, 0.15) is 60.8 Å². The number of aliphatic carboxylic acids is 1. The van der Waals surface area contributed by atoms with E-state index in [1.54, 1.807) is 0 Å². The molecule has 1 aliphatic rings. The summed E-state index contributed by atoms with van der Waals surface area (Å²) in [6.07, 6.45) is 2.08. The Hall–Kier alpha value is -1.89. The van der Waals surface area contributed by atoms with Gasteiger partial charge in [0, 0.05) is 17.3 Å². The summed E-state index contributed by atoms with van der Waals surface area (Å²) in [7, 11) is 1.31. The number of carboxylic acids is 1. The van der Waals surface area contributed by atoms with Gasteiger partial charge in [-0.25, -0.2) is 4.79 Å². The second-order valence-corrected chi connectivity index (χ2v) is 8.53. The molecule has 1 atom stereocenters. The van der Waals surface area contributed by atoms with E-state index in [0.29, 0.717) is 16.5 Å². The number of amides is 1. The van der Waals surface area contributed by atoms with Crippen LogP contribution in [0.3, 0.4) is 0 Å². The number of thiophene rings is 1. The normalized spacial score (nSPS) is 16.9. The SMILES string of the molecule is COC(=O)c1c(NC(=O)CCC(=O)[O-])sc2c1CC[C@H](C(C)(C)C)C2. The Morgan fingerprint density at radius 3 is 2.52 bits per heavy atom. The number of anilines is 1. The van der Waals surface area contributed by atoms with Gasteiger partial charge in [-0.15, -0.1) is 11.3 Å². The molecule has 6 nitrogen and oxygen atoms in total. The van der Waals surface area contributed by atoms with Gasteiger partial charge >= 0.3 is 5.97 Å². The summed E-state index contributed by atoms with van der Waals surface area (Å²) in [5.41, 5.74) is 1.54. The predicted molar refractivity (Wildman–Crippen MR) is 93.5 cm³/mol. The number of hydrogen-bond acceptors (Lipinski definition) is 6. The number of rotatable bonds is 5. The molecule has 0 unspecified atom stereocenters. The Bertz CT molecular complexity index is 686. The van der Waals surface area contributed by atoms with Crippen molar-refractivity contribution >= 4 is 34.2 Å². The first-order chi connectivity index (χ1) is 11.6. The number of fused-ring (bicyclic) bond motifs is 1. The lowest BCUT2D eigenvalue weighted by atomic mass is 9.72. The van der Waals surface area contributed by atoms with Crippen LogP contribution in [0, 0.1) is 11.3 Å². The second-order valence-electron chi connectivity index (χ2n) is 7.43. The molecule has 1 heterocycles. The number of hydrogen-bond donors (Lipinski definition) is 1. The van der Waals surface area contributed by atoms with E-state index < -0.39 is 17.8 Å². The van der Waals surface area contributed by atoms with Crippen molar-refractivity contribution in [1.29, 1.82) is 0 Å². The van der Waals surface area contributed by atoms with E-state index in [-0.39, 0.29) is 18.3 Å². The van der Waals surface area contributed by atoms with Gasteiger partial charge < -0.3 is 20.0 Å². The minimum atomic E-state index is -1.28. The van der Waals surface area contributed by atoms with Crippen LogP contribution >= 0.6 is 11.3 Å². The van der Waals surface area contributed by atoms with Crippen molar-refractivity contribution in [3.05, 3.63) is 16.0 Å². The molecule has 1 aromatic heterocycles. The van der Waals surface area contributed by atoms with E-state index in [4.69, 9.17) is 4.74 Å². The van der Waals surface area contributed by atoms with Gasteiger partial charge in [-0.2, -0.15) is 0 Å². The molecule has 0 radical (unpaired) electrons. The fraction of sp³-hybridized carbons (Fsp3) is 0.611. The maximum absolute atomic E-state index is 12.2. The third-order valence-electron chi connectivity index (χ3n) is 4.69. The van der Waals surface area contributed by atoms with Crippen LogP contribution in [-0.4, -0.2) is 25.0 Å². The summed E-state index contributed by atoms with van der Waals surface area (Å²) in [5.74, 6) is -1.69. The van der Waals surface area contributed by atoms with Gasteiger partial charge in [0.05, 0.1) is 12.7 Å². The Balaban J connectivity index is 2.28. The average Bonchev–Trinajstić information content (AvgIpc) is 2.88. The van der Waals surface area contributed by atoms with Gasteiger partial charge in [0.2, 0.25) is 5.91 Å². The van der Waals surface area contributed by atoms with Crippen LogP contribution in [-0.2, 0) is 27.2 Å². The molecular formula is C18H24NO5S-. The van der Waals surface area contributed by atoms with E-state index >= 15 is 0 Å². The summed E-state index contributed by atoms with van der Waals surface area (Å²) in [4.78, 5) is 35.8. The zero-order valence-electron chi connectivity index (χ0n) is 15.1. The first-order valence-electron chi connectivity index (χ1n) is 8.36. The lowest BCUT2D eigenvalue weighted by molar-refractivity contribution is -0.305. The van der Waals surface area contributed by atoms with Crippen LogP contribution < -0.4 is 10.4 Å². The Kier molecular flexibility index (Phi) is 5.87. The lowest BCUT2D eigenvalue weighted by Gasteiger charge is -2.33. The highest BCUT2D eigenvalue weighted by Gasteiger charge is 2.34. The number of nitrogens with one attached hydrogen (secondary N) is 1. The number of carbonyl (C=O) groups is 3. The van der Waals surface area contributed by atoms with Crippen molar-refractivity contribution in [3.8, 4) is 0 Å². The molecular weight excluding hydrogens is 342 g/mol. The van der Waals surface area contributed by atoms with Crippen molar-refractivity contribution in [2.45, 2.75) is 52.9 Å². The van der Waals surface area contributed by atoms with E-state index in [0.717, 1.165) is 29.7 Å². The number of carboxylic acid groups (broad SMARTS) is 1. The van der Waals surface area contributed by atoms with Gasteiger partial charge in [-0.1, -0.05) is 20.8 Å². The first-order valence-corrected chi connectivity index (χ1v) is 9.17. The van der Waals surface area contributed by atoms with Gasteiger partial charge in [0.1, 0.15) is 5.00 Å². The molecule has 0 fully saturated rings. The zero-order valence-corrected chi connectivity index (χ0v) is 15.9. The maximum atomic E-state index is 12.2. The van der Waals surface area contributed by atoms with Crippen LogP contribution in [0.5, 0.6) is 0 Å². The molecule has 0 bridgehead atoms. The fourth-order valence-corrected chi connectivity index (χ4v) is 4.47. The molecule has 0 saturated heterocycles. The van der Waals surface area contributed by atoms with E-state index in [1.165, 1.54) is 18.4 Å². The van der Waals surface area contributed by atoms with E-state index in [9.17, 15) is 19.5 Å². The first kappa shape index (κ1) is 19.4. The summed E-state index contributed by atoms with van der Waals surface area (Å²) in [5, 5.41) is 13.6. The Morgan fingerprint density at radius 1 is 1.28 bits per heavy atom. The van der Waals surface area contributed by atoms with Gasteiger partial charge in [-0.05, 0) is 42.6 Å². The summed E-state index contributed by atoms with van der Waals surface area (Å²) in [6.45, 7) is 6.63. The van der Waals surface area contributed by atoms with Crippen molar-refractivity contribution < 1.29 is 24.2 Å². The average molecular weight is 366 g/mol. The molecule has 7 heteroatoms. The standard InChI is InChI=1S/C18H25NO5S/c1-18(2,3)10-5-6-11-12(9-10)25-16(15(11)17(23)24-4)19-13(20)7-8-14(21)22/h10H,5-9H2,1-4H3,(H,19,20)(H,21,22)/p-1/t10-/m0/s1. The van der Waals surface area contributed by atoms with Crippen LogP contribution in [0.4, 0.5) is 5.00 Å². The fourth-order valence-electron chi connectivity index (χ4n) is 3.14. The Morgan fingerprint density at radius 2 is 1.96 bits per heavy atom. The van der Waals surface area contributed by atoms with E-state index in [1.807, 2.05) is 0 Å². The number of carbonyl (C=O) groups excluding carboxylic acids is 3. The van der Waals surface area contributed by atoms with Crippen molar-refractivity contribution in [3.63, 3.8) is 0 Å². The summed E-state index contributed by atoms with van der Waals surface area (Å²) >= 11 is 1.39. The Labute approximate surface area is 151 Å². The molecule has 0 saturated carbocycles. The molecule has 0 aliphatic heterocycles. The molecule has 1 aliphatic carbocycles. The monoisotopic (exact) mass is 366 g/mol. The minimum absolute atomic E-state index is 0.172. The zero-order chi connectivity index (χ0) is 18.8. The number of methoxy groups -OCH3 is 1. The molecule has 138 valence electrons. The van der Waals surface area contributed by atoms with Crippen LogP contribution in [0.15, 0.2) is 0 Å². The quantitative estimate of drug-likeness (QED) is 0.806. The number of ether oxygens (including phenoxy) is 1. The smallest absolute Gasteiger partial charge is 0.341 e. The molecule has 0 spiro atoms. The van der Waals surface area contributed by atoms with Gasteiger partial charge in [-0.3, -0.25) is 4.79 Å². The summed E-state index contributed by atoms with van der Waals surface area (Å²) in [6, 6.07) is 0. The molecule has 1 amide bonds. The third kappa shape index (κ3) is 4.60. The lowest BCUT2D eigenvalue weighted by Crippen LogP contribution is -2.26. The van der Waals surface area contributed by atoms with E-state index in [2.05, 4.69) is 26.1 Å². The number of esters is 1. The predicted octanol–water partition coefficient (Wildman–Crippen LogP) is 2.15. The molecule has 0 aromatic carbocycles. The molecule has 1 aromatic rings. The second kappa shape index (κ2) is 7.56.